The minimum atomic E-state index is -5.08. The number of hydrogen-bond acceptors (Lipinski definition) is 4. The summed E-state index contributed by atoms with van der Waals surface area (Å²) in [5.41, 5.74) is 5.37. The predicted octanol–water partition coefficient (Wildman–Crippen LogP) is 2.42. The topological polar surface area (TPSA) is 138 Å². The van der Waals surface area contributed by atoms with E-state index in [4.69, 9.17) is 15.6 Å². The van der Waals surface area contributed by atoms with Crippen LogP contribution in [0.4, 0.5) is 13.2 Å². The monoisotopic (exact) mass is 377 g/mol. The Morgan fingerprint density at radius 3 is 2.04 bits per heavy atom. The molecule has 1 heterocycles. The van der Waals surface area contributed by atoms with Crippen LogP contribution in [-0.4, -0.2) is 51.1 Å². The number of aliphatic carboxylic acids is 2. The average molecular weight is 377 g/mol. The van der Waals surface area contributed by atoms with E-state index in [1.165, 1.54) is 0 Å². The Bertz CT molecular complexity index is 485. The molecule has 1 saturated heterocycles. The largest absolute Gasteiger partial charge is 0.490 e. The summed E-state index contributed by atoms with van der Waals surface area (Å²) in [7, 11) is -3.56. The molecule has 2 unspecified atom stereocenters. The highest BCUT2D eigenvalue weighted by molar-refractivity contribution is 7.60. The third-order valence-corrected chi connectivity index (χ3v) is 6.80. The highest BCUT2D eigenvalue weighted by Crippen LogP contribution is 2.62. The molecule has 0 radical (unpaired) electrons. The van der Waals surface area contributed by atoms with Gasteiger partial charge in [-0.15, -0.1) is 0 Å². The van der Waals surface area contributed by atoms with Crippen LogP contribution in [0, 0.1) is 0 Å². The number of hydrogen-bond donors (Lipinski definition) is 4. The lowest BCUT2D eigenvalue weighted by atomic mass is 9.94. The van der Waals surface area contributed by atoms with Gasteiger partial charge in [-0.25, -0.2) is 4.79 Å². The van der Waals surface area contributed by atoms with Crippen LogP contribution in [0.1, 0.15) is 44.9 Å². The molecular weight excluding hydrogens is 354 g/mol. The second kappa shape index (κ2) is 9.39. The summed E-state index contributed by atoms with van der Waals surface area (Å²) in [6.45, 7) is 0.580. The second-order valence-electron chi connectivity index (χ2n) is 5.62. The average Bonchev–Trinajstić information content (AvgIpc) is 2.44. The quantitative estimate of drug-likeness (QED) is 0.412. The van der Waals surface area contributed by atoms with Gasteiger partial charge in [0.05, 0.1) is 0 Å². The van der Waals surface area contributed by atoms with Crippen molar-refractivity contribution < 1.29 is 42.4 Å². The fraction of sp³-hybridized carbons (Fsp3) is 0.846. The van der Waals surface area contributed by atoms with Gasteiger partial charge in [0.2, 0.25) is 7.37 Å². The van der Waals surface area contributed by atoms with Gasteiger partial charge in [0.1, 0.15) is 5.16 Å². The normalized spacial score (nSPS) is 27.0. The summed E-state index contributed by atoms with van der Waals surface area (Å²) >= 11 is 0. The van der Waals surface area contributed by atoms with Crippen LogP contribution in [-0.2, 0) is 14.2 Å². The molecule has 1 fully saturated rings. The van der Waals surface area contributed by atoms with Gasteiger partial charge in [0.25, 0.3) is 0 Å². The SMILES string of the molecule is NCCCCCC1(C(=O)O)CCCCP1(=O)O.O=C(O)C(F)(F)F. The molecule has 2 atom stereocenters. The lowest BCUT2D eigenvalue weighted by Gasteiger charge is -2.37. The van der Waals surface area contributed by atoms with Crippen molar-refractivity contribution in [3.8, 4) is 0 Å². The Morgan fingerprint density at radius 1 is 1.12 bits per heavy atom. The zero-order chi connectivity index (χ0) is 19.0. The van der Waals surface area contributed by atoms with Crippen molar-refractivity contribution in [2.45, 2.75) is 56.3 Å². The summed E-state index contributed by atoms with van der Waals surface area (Å²) in [6.07, 6.45) is -0.588. The first-order valence-electron chi connectivity index (χ1n) is 7.46. The summed E-state index contributed by atoms with van der Waals surface area (Å²) in [5, 5.41) is 15.1. The maximum absolute atomic E-state index is 12.1. The van der Waals surface area contributed by atoms with E-state index in [1.54, 1.807) is 0 Å². The van der Waals surface area contributed by atoms with Crippen LogP contribution >= 0.6 is 7.37 Å². The summed E-state index contributed by atoms with van der Waals surface area (Å²) in [4.78, 5) is 30.3. The number of carboxylic acid groups (broad SMARTS) is 2. The smallest absolute Gasteiger partial charge is 0.480 e. The molecule has 142 valence electrons. The van der Waals surface area contributed by atoms with Gasteiger partial charge in [-0.3, -0.25) is 9.36 Å². The number of alkyl halides is 3. The molecule has 0 aliphatic carbocycles. The van der Waals surface area contributed by atoms with Crippen LogP contribution in [0.5, 0.6) is 0 Å². The van der Waals surface area contributed by atoms with Gasteiger partial charge in [-0.1, -0.05) is 19.3 Å². The third-order valence-electron chi connectivity index (χ3n) is 3.91. The first-order chi connectivity index (χ1) is 10.9. The van der Waals surface area contributed by atoms with Crippen LogP contribution < -0.4 is 5.73 Å². The number of rotatable bonds is 6. The van der Waals surface area contributed by atoms with E-state index in [0.29, 0.717) is 32.2 Å². The van der Waals surface area contributed by atoms with Gasteiger partial charge in [-0.05, 0) is 32.2 Å². The van der Waals surface area contributed by atoms with Gasteiger partial charge >= 0.3 is 18.1 Å². The van der Waals surface area contributed by atoms with Crippen molar-refractivity contribution in [1.82, 2.24) is 0 Å². The zero-order valence-corrected chi connectivity index (χ0v) is 14.0. The molecule has 1 aliphatic rings. The molecule has 7 nitrogen and oxygen atoms in total. The molecule has 0 aromatic carbocycles. The Hall–Kier alpha value is -1.12. The maximum atomic E-state index is 12.1. The van der Waals surface area contributed by atoms with Crippen molar-refractivity contribution >= 4 is 19.3 Å². The number of carbonyl (C=O) groups is 2. The maximum Gasteiger partial charge on any atom is 0.490 e. The van der Waals surface area contributed by atoms with E-state index in [0.717, 1.165) is 19.3 Å². The molecule has 0 aromatic rings. The molecule has 0 aromatic heterocycles. The van der Waals surface area contributed by atoms with Crippen LogP contribution in [0.2, 0.25) is 0 Å². The Kier molecular flexibility index (Phi) is 8.95. The van der Waals surface area contributed by atoms with Crippen LogP contribution in [0.15, 0.2) is 0 Å². The van der Waals surface area contributed by atoms with Crippen molar-refractivity contribution in [2.75, 3.05) is 12.7 Å². The molecule has 11 heteroatoms. The van der Waals surface area contributed by atoms with Crippen molar-refractivity contribution in [2.24, 2.45) is 5.73 Å². The van der Waals surface area contributed by atoms with E-state index < -0.39 is 30.6 Å². The van der Waals surface area contributed by atoms with Crippen LogP contribution in [0.3, 0.4) is 0 Å². The van der Waals surface area contributed by atoms with Crippen molar-refractivity contribution in [1.29, 1.82) is 0 Å². The van der Waals surface area contributed by atoms with E-state index in [2.05, 4.69) is 0 Å². The summed E-state index contributed by atoms with van der Waals surface area (Å²) in [6, 6.07) is 0. The molecule has 0 saturated carbocycles. The fourth-order valence-corrected chi connectivity index (χ4v) is 4.93. The molecule has 0 bridgehead atoms. The number of nitrogens with two attached hydrogens (primary N) is 1. The molecule has 5 N–H and O–H groups in total. The first-order valence-corrected chi connectivity index (χ1v) is 9.30. The Morgan fingerprint density at radius 2 is 1.67 bits per heavy atom. The molecule has 1 rings (SSSR count). The van der Waals surface area contributed by atoms with E-state index in [1.807, 2.05) is 0 Å². The molecule has 24 heavy (non-hydrogen) atoms. The van der Waals surface area contributed by atoms with Gasteiger partial charge in [-0.2, -0.15) is 13.2 Å². The molecule has 0 amide bonds. The third kappa shape index (κ3) is 6.41. The zero-order valence-electron chi connectivity index (χ0n) is 13.1. The minimum Gasteiger partial charge on any atom is -0.480 e. The van der Waals surface area contributed by atoms with Gasteiger partial charge < -0.3 is 20.8 Å². The summed E-state index contributed by atoms with van der Waals surface area (Å²) < 4.78 is 43.9. The molecular formula is C13H23F3NO6P. The number of unbranched alkanes of at least 4 members (excludes halogenated alkanes) is 2. The van der Waals surface area contributed by atoms with E-state index >= 15 is 0 Å². The van der Waals surface area contributed by atoms with E-state index in [-0.39, 0.29) is 6.16 Å². The first kappa shape index (κ1) is 22.9. The fourth-order valence-electron chi connectivity index (χ4n) is 2.53. The Balaban J connectivity index is 0.000000640. The standard InChI is InChI=1S/C11H22NO4P.C2HF3O2/c12-8-4-1-2-6-11(10(13)14)7-3-5-9-17(11,15)16;3-2(4,5)1(6)7/h1-9,12H2,(H,13,14)(H,15,16);(H,6,7). The van der Waals surface area contributed by atoms with Gasteiger partial charge in [0, 0.05) is 6.16 Å². The lowest BCUT2D eigenvalue weighted by Crippen LogP contribution is -2.41. The highest BCUT2D eigenvalue weighted by Gasteiger charge is 2.54. The van der Waals surface area contributed by atoms with Gasteiger partial charge in [0.15, 0.2) is 0 Å². The summed E-state index contributed by atoms with van der Waals surface area (Å²) in [5.74, 6) is -3.86. The van der Waals surface area contributed by atoms with E-state index in [9.17, 15) is 32.5 Å². The Labute approximate surface area is 137 Å². The minimum absolute atomic E-state index is 0.149. The molecule has 0 spiro atoms. The second-order valence-corrected chi connectivity index (χ2v) is 8.33. The lowest BCUT2D eigenvalue weighted by molar-refractivity contribution is -0.192. The van der Waals surface area contributed by atoms with Crippen LogP contribution in [0.25, 0.3) is 0 Å². The number of halogens is 3. The molecule has 1 aliphatic heterocycles. The predicted molar refractivity (Wildman–Crippen MR) is 80.1 cm³/mol. The number of carboxylic acids is 2. The highest BCUT2D eigenvalue weighted by atomic mass is 31.2. The van der Waals surface area contributed by atoms with Crippen molar-refractivity contribution in [3.63, 3.8) is 0 Å². The van der Waals surface area contributed by atoms with Crippen molar-refractivity contribution in [3.05, 3.63) is 0 Å².